The summed E-state index contributed by atoms with van der Waals surface area (Å²) in [6.45, 7) is 0.710. The van der Waals surface area contributed by atoms with E-state index in [0.717, 1.165) is 11.1 Å². The molecule has 2 rings (SSSR count). The van der Waals surface area contributed by atoms with Gasteiger partial charge in [-0.3, -0.25) is 9.59 Å². The molecule has 5 nitrogen and oxygen atoms in total. The normalized spacial score (nSPS) is 11.1. The molecule has 0 heterocycles. The standard InChI is InChI=1S/C20H21F3N2O3/c1-14(26)24-10-16-6-8-18(9-7-16)19(27)25-11-15-2-4-17(5-3-15)12-28-13-20(21,22)23/h2-9H,10-13H2,1H3,(H,24,26)(H,25,27). The van der Waals surface area contributed by atoms with Crippen molar-refractivity contribution in [2.45, 2.75) is 32.8 Å². The number of hydrogen-bond donors (Lipinski definition) is 2. The zero-order valence-corrected chi connectivity index (χ0v) is 15.3. The van der Waals surface area contributed by atoms with Crippen molar-refractivity contribution in [2.75, 3.05) is 6.61 Å². The maximum absolute atomic E-state index is 12.2. The second-order valence-electron chi connectivity index (χ2n) is 6.21. The van der Waals surface area contributed by atoms with Crippen molar-refractivity contribution in [2.24, 2.45) is 0 Å². The summed E-state index contributed by atoms with van der Waals surface area (Å²) in [5.74, 6) is -0.372. The first-order chi connectivity index (χ1) is 13.2. The van der Waals surface area contributed by atoms with Crippen molar-refractivity contribution >= 4 is 11.8 Å². The van der Waals surface area contributed by atoms with E-state index >= 15 is 0 Å². The third kappa shape index (κ3) is 7.79. The van der Waals surface area contributed by atoms with E-state index in [0.29, 0.717) is 17.7 Å². The van der Waals surface area contributed by atoms with Gasteiger partial charge in [0, 0.05) is 25.6 Å². The van der Waals surface area contributed by atoms with Crippen LogP contribution in [0, 0.1) is 0 Å². The van der Waals surface area contributed by atoms with Crippen LogP contribution in [0.1, 0.15) is 34.0 Å². The number of carbonyl (C=O) groups is 2. The van der Waals surface area contributed by atoms with Gasteiger partial charge in [0.1, 0.15) is 6.61 Å². The van der Waals surface area contributed by atoms with E-state index in [1.807, 2.05) is 0 Å². The molecule has 0 radical (unpaired) electrons. The molecule has 0 saturated carbocycles. The van der Waals surface area contributed by atoms with E-state index in [1.54, 1.807) is 48.5 Å². The maximum atomic E-state index is 12.2. The average Bonchev–Trinajstić information content (AvgIpc) is 2.65. The first-order valence-electron chi connectivity index (χ1n) is 8.57. The molecule has 0 bridgehead atoms. The second kappa shape index (κ2) is 9.89. The summed E-state index contributed by atoms with van der Waals surface area (Å²) >= 11 is 0. The Balaban J connectivity index is 1.79. The SMILES string of the molecule is CC(=O)NCc1ccc(C(=O)NCc2ccc(COCC(F)(F)F)cc2)cc1. The largest absolute Gasteiger partial charge is 0.411 e. The highest BCUT2D eigenvalue weighted by Crippen LogP contribution is 2.16. The molecule has 2 aromatic rings. The molecule has 0 fully saturated rings. The number of nitrogens with one attached hydrogen (secondary N) is 2. The number of amides is 2. The molecule has 0 aliphatic rings. The lowest BCUT2D eigenvalue weighted by Crippen LogP contribution is -2.23. The third-order valence-electron chi connectivity index (χ3n) is 3.77. The Bertz CT molecular complexity index is 788. The number of alkyl halides is 3. The summed E-state index contributed by atoms with van der Waals surface area (Å²) in [5.41, 5.74) is 2.81. The number of ether oxygens (including phenoxy) is 1. The highest BCUT2D eigenvalue weighted by molar-refractivity contribution is 5.94. The zero-order valence-electron chi connectivity index (χ0n) is 15.3. The van der Waals surface area contributed by atoms with Gasteiger partial charge in [-0.2, -0.15) is 13.2 Å². The van der Waals surface area contributed by atoms with Crippen LogP contribution in [0.4, 0.5) is 13.2 Å². The van der Waals surface area contributed by atoms with Crippen LogP contribution in [-0.4, -0.2) is 24.6 Å². The fourth-order valence-corrected chi connectivity index (χ4v) is 2.32. The highest BCUT2D eigenvalue weighted by atomic mass is 19.4. The summed E-state index contributed by atoms with van der Waals surface area (Å²) in [6, 6.07) is 13.7. The quantitative estimate of drug-likeness (QED) is 0.722. The Morgan fingerprint density at radius 3 is 1.89 bits per heavy atom. The Labute approximate surface area is 160 Å². The summed E-state index contributed by atoms with van der Waals surface area (Å²) < 4.78 is 40.7. The van der Waals surface area contributed by atoms with Crippen LogP contribution in [0.2, 0.25) is 0 Å². The summed E-state index contributed by atoms with van der Waals surface area (Å²) in [5, 5.41) is 5.46. The fraction of sp³-hybridized carbons (Fsp3) is 0.300. The Morgan fingerprint density at radius 1 is 0.857 bits per heavy atom. The Hall–Kier alpha value is -2.87. The molecular formula is C20H21F3N2O3. The van der Waals surface area contributed by atoms with Gasteiger partial charge >= 0.3 is 6.18 Å². The lowest BCUT2D eigenvalue weighted by molar-refractivity contribution is -0.176. The average molecular weight is 394 g/mol. The lowest BCUT2D eigenvalue weighted by atomic mass is 10.1. The van der Waals surface area contributed by atoms with Crippen LogP contribution in [0.5, 0.6) is 0 Å². The van der Waals surface area contributed by atoms with Gasteiger partial charge < -0.3 is 15.4 Å². The molecule has 2 aromatic carbocycles. The van der Waals surface area contributed by atoms with Gasteiger partial charge in [0.05, 0.1) is 6.61 Å². The maximum Gasteiger partial charge on any atom is 0.411 e. The number of carbonyl (C=O) groups excluding carboxylic acids is 2. The van der Waals surface area contributed by atoms with Gasteiger partial charge in [0.2, 0.25) is 5.91 Å². The van der Waals surface area contributed by atoms with Gasteiger partial charge in [0.25, 0.3) is 5.91 Å². The van der Waals surface area contributed by atoms with Gasteiger partial charge in [0.15, 0.2) is 0 Å². The summed E-state index contributed by atoms with van der Waals surface area (Å²) in [6.07, 6.45) is -4.34. The molecule has 28 heavy (non-hydrogen) atoms. The molecule has 0 aliphatic carbocycles. The summed E-state index contributed by atoms with van der Waals surface area (Å²) in [4.78, 5) is 23.1. The third-order valence-corrected chi connectivity index (χ3v) is 3.77. The van der Waals surface area contributed by atoms with Crippen LogP contribution in [-0.2, 0) is 29.2 Å². The van der Waals surface area contributed by atoms with Crippen LogP contribution in [0.3, 0.4) is 0 Å². The van der Waals surface area contributed by atoms with Gasteiger partial charge in [-0.1, -0.05) is 36.4 Å². The molecule has 8 heteroatoms. The smallest absolute Gasteiger partial charge is 0.367 e. The second-order valence-corrected chi connectivity index (χ2v) is 6.21. The number of hydrogen-bond acceptors (Lipinski definition) is 3. The van der Waals surface area contributed by atoms with E-state index in [1.165, 1.54) is 6.92 Å². The van der Waals surface area contributed by atoms with Crippen molar-refractivity contribution in [3.05, 3.63) is 70.8 Å². The zero-order chi connectivity index (χ0) is 20.6. The monoisotopic (exact) mass is 394 g/mol. The van der Waals surface area contributed by atoms with Crippen molar-refractivity contribution in [1.82, 2.24) is 10.6 Å². The minimum Gasteiger partial charge on any atom is -0.367 e. The molecular weight excluding hydrogens is 373 g/mol. The highest BCUT2D eigenvalue weighted by Gasteiger charge is 2.27. The molecule has 0 spiro atoms. The minimum atomic E-state index is -4.34. The van der Waals surface area contributed by atoms with Crippen LogP contribution >= 0.6 is 0 Å². The predicted molar refractivity (Wildman–Crippen MR) is 97.3 cm³/mol. The molecule has 2 amide bonds. The topological polar surface area (TPSA) is 67.4 Å². The minimum absolute atomic E-state index is 0.125. The molecule has 2 N–H and O–H groups in total. The van der Waals surface area contributed by atoms with Crippen LogP contribution in [0.25, 0.3) is 0 Å². The molecule has 150 valence electrons. The van der Waals surface area contributed by atoms with Crippen LogP contribution in [0.15, 0.2) is 48.5 Å². The van der Waals surface area contributed by atoms with Gasteiger partial charge in [-0.25, -0.2) is 0 Å². The molecule has 0 unspecified atom stereocenters. The Kier molecular flexibility index (Phi) is 7.57. The first kappa shape index (κ1) is 21.4. The number of halogens is 3. The molecule has 0 atom stereocenters. The van der Waals surface area contributed by atoms with E-state index in [-0.39, 0.29) is 25.0 Å². The van der Waals surface area contributed by atoms with E-state index in [2.05, 4.69) is 15.4 Å². The predicted octanol–water partition coefficient (Wildman–Crippen LogP) is 3.33. The van der Waals surface area contributed by atoms with Crippen molar-refractivity contribution in [3.8, 4) is 0 Å². The van der Waals surface area contributed by atoms with E-state index < -0.39 is 12.8 Å². The van der Waals surface area contributed by atoms with Crippen molar-refractivity contribution in [1.29, 1.82) is 0 Å². The number of rotatable bonds is 8. The number of benzene rings is 2. The first-order valence-corrected chi connectivity index (χ1v) is 8.57. The molecule has 0 aromatic heterocycles. The van der Waals surface area contributed by atoms with Gasteiger partial charge in [-0.15, -0.1) is 0 Å². The van der Waals surface area contributed by atoms with Crippen molar-refractivity contribution < 1.29 is 27.5 Å². The molecule has 0 saturated heterocycles. The summed E-state index contributed by atoms with van der Waals surface area (Å²) in [7, 11) is 0. The van der Waals surface area contributed by atoms with E-state index in [9.17, 15) is 22.8 Å². The lowest BCUT2D eigenvalue weighted by Gasteiger charge is -2.09. The van der Waals surface area contributed by atoms with Crippen LogP contribution < -0.4 is 10.6 Å². The fourth-order valence-electron chi connectivity index (χ4n) is 2.32. The Morgan fingerprint density at radius 2 is 1.36 bits per heavy atom. The van der Waals surface area contributed by atoms with Crippen molar-refractivity contribution in [3.63, 3.8) is 0 Å². The van der Waals surface area contributed by atoms with Gasteiger partial charge in [-0.05, 0) is 28.8 Å². The van der Waals surface area contributed by atoms with E-state index in [4.69, 9.17) is 0 Å². The molecule has 0 aliphatic heterocycles.